The van der Waals surface area contributed by atoms with Gasteiger partial charge >= 0.3 is 18.0 Å². The maximum atomic E-state index is 12.2. The molecule has 2 aromatic carbocycles. The molecule has 1 aliphatic rings. The molecule has 1 fully saturated rings. The molecule has 2 aromatic rings. The average molecular weight is 438 g/mol. The summed E-state index contributed by atoms with van der Waals surface area (Å²) in [6.45, 7) is 0.396. The highest BCUT2D eigenvalue weighted by molar-refractivity contribution is 5.89. The summed E-state index contributed by atoms with van der Waals surface area (Å²) in [7, 11) is 2.58. The van der Waals surface area contributed by atoms with Crippen molar-refractivity contribution in [2.45, 2.75) is 18.9 Å². The second kappa shape index (κ2) is 10.3. The predicted molar refractivity (Wildman–Crippen MR) is 112 cm³/mol. The molecule has 0 saturated carbocycles. The van der Waals surface area contributed by atoms with Gasteiger partial charge in [0.25, 0.3) is 0 Å². The van der Waals surface area contributed by atoms with E-state index in [0.717, 1.165) is 0 Å². The molecule has 9 nitrogen and oxygen atoms in total. The van der Waals surface area contributed by atoms with Crippen molar-refractivity contribution in [2.75, 3.05) is 32.3 Å². The molecule has 0 radical (unpaired) electrons. The maximum Gasteiger partial charge on any atom is 0.414 e. The zero-order valence-corrected chi connectivity index (χ0v) is 17.7. The topological polar surface area (TPSA) is 115 Å². The van der Waals surface area contributed by atoms with Gasteiger partial charge < -0.3 is 18.9 Å². The fourth-order valence-corrected chi connectivity index (χ4v) is 3.21. The van der Waals surface area contributed by atoms with Crippen LogP contribution in [-0.4, -0.2) is 51.5 Å². The second-order valence-electron chi connectivity index (χ2n) is 7.02. The lowest BCUT2D eigenvalue weighted by atomic mass is 10.0. The molecular weight excluding hydrogens is 416 g/mol. The highest BCUT2D eigenvalue weighted by Crippen LogP contribution is 2.24. The largest absolute Gasteiger partial charge is 0.490 e. The molecule has 0 N–H and O–H groups in total. The van der Waals surface area contributed by atoms with Crippen LogP contribution < -0.4 is 9.64 Å². The Morgan fingerprint density at radius 3 is 2.34 bits per heavy atom. The Bertz CT molecular complexity index is 1040. The summed E-state index contributed by atoms with van der Waals surface area (Å²) in [5.74, 6) is -0.410. The molecule has 0 aliphatic carbocycles. The van der Waals surface area contributed by atoms with E-state index in [4.69, 9.17) is 24.2 Å². The Hall–Kier alpha value is -4.06. The Kier molecular flexibility index (Phi) is 7.29. The first-order valence-corrected chi connectivity index (χ1v) is 9.80. The Balaban J connectivity index is 1.66. The van der Waals surface area contributed by atoms with Crippen LogP contribution in [0.3, 0.4) is 0 Å². The van der Waals surface area contributed by atoms with Crippen molar-refractivity contribution in [3.63, 3.8) is 0 Å². The lowest BCUT2D eigenvalue weighted by Crippen LogP contribution is -2.26. The van der Waals surface area contributed by atoms with Crippen molar-refractivity contribution in [3.8, 4) is 11.8 Å². The van der Waals surface area contributed by atoms with Crippen LogP contribution in [0.25, 0.3) is 0 Å². The number of rotatable bonds is 8. The number of amides is 1. The van der Waals surface area contributed by atoms with Gasteiger partial charge in [-0.3, -0.25) is 14.5 Å². The van der Waals surface area contributed by atoms with Gasteiger partial charge in [-0.25, -0.2) is 4.79 Å². The molecule has 1 unspecified atom stereocenters. The summed E-state index contributed by atoms with van der Waals surface area (Å²) < 4.78 is 20.6. The predicted octanol–water partition coefficient (Wildman–Crippen LogP) is 2.39. The zero-order valence-electron chi connectivity index (χ0n) is 17.7. The monoisotopic (exact) mass is 438 g/mol. The third-order valence-corrected chi connectivity index (χ3v) is 4.92. The molecule has 0 bridgehead atoms. The number of hydrogen-bond donors (Lipinski definition) is 0. The Labute approximate surface area is 185 Å². The molecule has 1 heterocycles. The highest BCUT2D eigenvalue weighted by atomic mass is 16.6. The minimum absolute atomic E-state index is 0.0168. The van der Waals surface area contributed by atoms with E-state index in [1.807, 2.05) is 6.07 Å². The number of carbonyl (C=O) groups is 3. The van der Waals surface area contributed by atoms with Gasteiger partial charge in [0.2, 0.25) is 0 Å². The smallest absolute Gasteiger partial charge is 0.414 e. The van der Waals surface area contributed by atoms with Crippen molar-refractivity contribution >= 4 is 23.7 Å². The SMILES string of the molecule is COC(=O)Cc1ccc(OCC2CN(c3ccc(C#N)cc3)C(=O)O2)cc1CC(=O)OC. The van der Waals surface area contributed by atoms with Crippen molar-refractivity contribution in [2.24, 2.45) is 0 Å². The summed E-state index contributed by atoms with van der Waals surface area (Å²) in [5.41, 5.74) is 2.35. The van der Waals surface area contributed by atoms with E-state index in [1.54, 1.807) is 42.5 Å². The van der Waals surface area contributed by atoms with Crippen LogP contribution in [0.4, 0.5) is 10.5 Å². The highest BCUT2D eigenvalue weighted by Gasteiger charge is 2.32. The summed E-state index contributed by atoms with van der Waals surface area (Å²) in [6.07, 6.45) is -1.01. The standard InChI is InChI=1S/C23H22N2O7/c1-29-21(26)10-16-5-8-19(9-17(16)11-22(27)30-2)31-14-20-13-25(23(28)32-20)18-6-3-15(12-24)4-7-18/h3-9,20H,10-11,13-14H2,1-2H3. The lowest BCUT2D eigenvalue weighted by molar-refractivity contribution is -0.141. The van der Waals surface area contributed by atoms with Crippen molar-refractivity contribution in [1.29, 1.82) is 5.26 Å². The number of ether oxygens (including phenoxy) is 4. The molecule has 1 aliphatic heterocycles. The number of anilines is 1. The lowest BCUT2D eigenvalue weighted by Gasteiger charge is -2.14. The van der Waals surface area contributed by atoms with Gasteiger partial charge in [0, 0.05) is 5.69 Å². The molecule has 1 amide bonds. The number of carbonyl (C=O) groups excluding carboxylic acids is 3. The Morgan fingerprint density at radius 2 is 1.72 bits per heavy atom. The average Bonchev–Trinajstić information content (AvgIpc) is 3.19. The zero-order chi connectivity index (χ0) is 23.1. The minimum atomic E-state index is -0.503. The molecule has 1 atom stereocenters. The van der Waals surface area contributed by atoms with Crippen LogP contribution in [-0.2, 0) is 36.6 Å². The van der Waals surface area contributed by atoms with E-state index < -0.39 is 24.1 Å². The molecule has 9 heteroatoms. The molecule has 166 valence electrons. The van der Waals surface area contributed by atoms with E-state index in [1.165, 1.54) is 19.1 Å². The summed E-state index contributed by atoms with van der Waals surface area (Å²) in [6, 6.07) is 13.7. The fraction of sp³-hybridized carbons (Fsp3) is 0.304. The number of nitriles is 1. The van der Waals surface area contributed by atoms with Crippen LogP contribution in [0.1, 0.15) is 16.7 Å². The first-order valence-electron chi connectivity index (χ1n) is 9.80. The number of hydrogen-bond acceptors (Lipinski definition) is 8. The molecule has 1 saturated heterocycles. The maximum absolute atomic E-state index is 12.2. The van der Waals surface area contributed by atoms with Crippen LogP contribution >= 0.6 is 0 Å². The molecular formula is C23H22N2O7. The van der Waals surface area contributed by atoms with Crippen LogP contribution in [0.5, 0.6) is 5.75 Å². The van der Waals surface area contributed by atoms with Crippen molar-refractivity contribution in [1.82, 2.24) is 0 Å². The van der Waals surface area contributed by atoms with Gasteiger partial charge in [-0.1, -0.05) is 6.07 Å². The van der Waals surface area contributed by atoms with Gasteiger partial charge in [0.05, 0.1) is 45.2 Å². The number of nitrogens with zero attached hydrogens (tertiary/aromatic N) is 2. The van der Waals surface area contributed by atoms with Crippen molar-refractivity contribution in [3.05, 3.63) is 59.2 Å². The summed E-state index contributed by atoms with van der Waals surface area (Å²) >= 11 is 0. The Morgan fingerprint density at radius 1 is 1.06 bits per heavy atom. The molecule has 0 spiro atoms. The first kappa shape index (κ1) is 22.6. The normalized spacial score (nSPS) is 15.0. The first-order chi connectivity index (χ1) is 15.4. The van der Waals surface area contributed by atoms with E-state index in [-0.39, 0.29) is 19.4 Å². The van der Waals surface area contributed by atoms with Gasteiger partial charge in [-0.2, -0.15) is 5.26 Å². The van der Waals surface area contributed by atoms with Crippen LogP contribution in [0, 0.1) is 11.3 Å². The van der Waals surface area contributed by atoms with E-state index >= 15 is 0 Å². The van der Waals surface area contributed by atoms with Crippen molar-refractivity contribution < 1.29 is 33.3 Å². The van der Waals surface area contributed by atoms with E-state index in [9.17, 15) is 14.4 Å². The second-order valence-corrected chi connectivity index (χ2v) is 7.02. The summed E-state index contributed by atoms with van der Waals surface area (Å²) in [4.78, 5) is 37.1. The summed E-state index contributed by atoms with van der Waals surface area (Å²) in [5, 5.41) is 8.90. The van der Waals surface area contributed by atoms with Gasteiger partial charge in [0.15, 0.2) is 6.10 Å². The molecule has 0 aromatic heterocycles. The van der Waals surface area contributed by atoms with Crippen LogP contribution in [0.2, 0.25) is 0 Å². The van der Waals surface area contributed by atoms with Gasteiger partial charge in [-0.15, -0.1) is 0 Å². The molecule has 3 rings (SSSR count). The van der Waals surface area contributed by atoms with Gasteiger partial charge in [-0.05, 0) is 47.5 Å². The van der Waals surface area contributed by atoms with Gasteiger partial charge in [0.1, 0.15) is 12.4 Å². The number of methoxy groups -OCH3 is 2. The number of cyclic esters (lactones) is 1. The number of esters is 2. The van der Waals surface area contributed by atoms with Crippen LogP contribution in [0.15, 0.2) is 42.5 Å². The van der Waals surface area contributed by atoms with E-state index in [2.05, 4.69) is 0 Å². The third-order valence-electron chi connectivity index (χ3n) is 4.92. The third kappa shape index (κ3) is 5.55. The number of benzene rings is 2. The van der Waals surface area contributed by atoms with E-state index in [0.29, 0.717) is 34.7 Å². The minimum Gasteiger partial charge on any atom is -0.490 e. The quantitative estimate of drug-likeness (QED) is 0.456. The fourth-order valence-electron chi connectivity index (χ4n) is 3.21. The molecule has 32 heavy (non-hydrogen) atoms.